The van der Waals surface area contributed by atoms with E-state index >= 15 is 0 Å². The van der Waals surface area contributed by atoms with Crippen LogP contribution in [0.25, 0.3) is 0 Å². The highest BCUT2D eigenvalue weighted by Gasteiger charge is 2.33. The molecule has 0 saturated carbocycles. The van der Waals surface area contributed by atoms with Crippen LogP contribution < -0.4 is 0 Å². The van der Waals surface area contributed by atoms with Crippen molar-refractivity contribution in [3.05, 3.63) is 59.3 Å². The van der Waals surface area contributed by atoms with Crippen LogP contribution in [0.5, 0.6) is 0 Å². The highest BCUT2D eigenvalue weighted by molar-refractivity contribution is 5.38. The van der Waals surface area contributed by atoms with Gasteiger partial charge in [-0.15, -0.1) is 0 Å². The number of allylic oxidation sites excluding steroid dienone is 10. The van der Waals surface area contributed by atoms with Crippen molar-refractivity contribution in [2.75, 3.05) is 0 Å². The van der Waals surface area contributed by atoms with Crippen LogP contribution in [0.3, 0.4) is 0 Å². The zero-order valence-electron chi connectivity index (χ0n) is 15.9. The molecule has 1 aliphatic rings. The second-order valence-electron chi connectivity index (χ2n) is 6.74. The van der Waals surface area contributed by atoms with Gasteiger partial charge in [-0.05, 0) is 56.4 Å². The van der Waals surface area contributed by atoms with Crippen LogP contribution in [0.2, 0.25) is 0 Å². The molecule has 3 heteroatoms. The first-order chi connectivity index (χ1) is 11.8. The lowest BCUT2D eigenvalue weighted by Gasteiger charge is -2.39. The molecular weight excluding hydrogens is 321 g/mol. The second-order valence-corrected chi connectivity index (χ2v) is 6.74. The molecule has 0 unspecified atom stereocenters. The number of alkyl halides is 3. The maximum absolute atomic E-state index is 12.0. The van der Waals surface area contributed by atoms with Gasteiger partial charge in [0.05, 0.1) is 0 Å². The average molecular weight is 352 g/mol. The van der Waals surface area contributed by atoms with Crippen molar-refractivity contribution in [2.24, 2.45) is 5.41 Å². The van der Waals surface area contributed by atoms with Crippen LogP contribution in [-0.4, -0.2) is 6.18 Å². The molecule has 25 heavy (non-hydrogen) atoms. The van der Waals surface area contributed by atoms with Gasteiger partial charge in [0.25, 0.3) is 0 Å². The summed E-state index contributed by atoms with van der Waals surface area (Å²) in [5, 5.41) is 0. The molecule has 0 spiro atoms. The molecule has 0 aromatic heterocycles. The summed E-state index contributed by atoms with van der Waals surface area (Å²) in [5.74, 6) is 0. The summed E-state index contributed by atoms with van der Waals surface area (Å²) in [5.41, 5.74) is 4.36. The molecule has 1 rings (SSSR count). The minimum atomic E-state index is -4.25. The van der Waals surface area contributed by atoms with Crippen LogP contribution in [-0.2, 0) is 0 Å². The molecule has 140 valence electrons. The molecule has 0 saturated heterocycles. The topological polar surface area (TPSA) is 0 Å². The minimum absolute atomic E-state index is 0.236. The van der Waals surface area contributed by atoms with E-state index in [9.17, 15) is 13.2 Å². The largest absolute Gasteiger partial charge is 0.409 e. The third-order valence-corrected chi connectivity index (χ3v) is 5.25. The molecule has 0 nitrogen and oxygen atoms in total. The minimum Gasteiger partial charge on any atom is -0.167 e. The predicted molar refractivity (Wildman–Crippen MR) is 101 cm³/mol. The molecule has 0 amide bonds. The lowest BCUT2D eigenvalue weighted by molar-refractivity contribution is -0.0798. The number of halogens is 3. The van der Waals surface area contributed by atoms with Gasteiger partial charge in [-0.3, -0.25) is 0 Å². The molecule has 0 aromatic carbocycles. The zero-order chi connectivity index (χ0) is 18.9. The Bertz CT molecular complexity index is 565. The highest BCUT2D eigenvalue weighted by atomic mass is 19.4. The van der Waals surface area contributed by atoms with Crippen LogP contribution in [0, 0.1) is 5.41 Å². The van der Waals surface area contributed by atoms with E-state index < -0.39 is 6.18 Å². The Morgan fingerprint density at radius 3 is 2.32 bits per heavy atom. The summed E-state index contributed by atoms with van der Waals surface area (Å²) in [4.78, 5) is 0. The standard InChI is InChI=1S/C22H31F3/c1-5-19-13-11-16-21(6-2,7-3)20(19)15-14-18(4)12-9-8-10-17-22(23,24)25/h8-10,12,14-15,17H,5-7,11,13,16H2,1-4H3. The fourth-order valence-electron chi connectivity index (χ4n) is 3.64. The zero-order valence-corrected chi connectivity index (χ0v) is 15.9. The van der Waals surface area contributed by atoms with E-state index in [2.05, 4.69) is 32.9 Å². The van der Waals surface area contributed by atoms with Gasteiger partial charge < -0.3 is 0 Å². The lowest BCUT2D eigenvalue weighted by Crippen LogP contribution is -2.25. The maximum Gasteiger partial charge on any atom is 0.409 e. The van der Waals surface area contributed by atoms with Gasteiger partial charge in [-0.2, -0.15) is 13.2 Å². The second kappa shape index (κ2) is 9.84. The van der Waals surface area contributed by atoms with Gasteiger partial charge in [-0.1, -0.05) is 68.4 Å². The van der Waals surface area contributed by atoms with Crippen molar-refractivity contribution in [3.8, 4) is 0 Å². The van der Waals surface area contributed by atoms with Crippen molar-refractivity contribution >= 4 is 0 Å². The molecule has 0 N–H and O–H groups in total. The van der Waals surface area contributed by atoms with E-state index in [0.29, 0.717) is 0 Å². The van der Waals surface area contributed by atoms with Crippen molar-refractivity contribution in [1.29, 1.82) is 0 Å². The van der Waals surface area contributed by atoms with Crippen molar-refractivity contribution < 1.29 is 13.2 Å². The molecule has 1 aliphatic carbocycles. The Morgan fingerprint density at radius 1 is 1.08 bits per heavy atom. The number of hydrogen-bond donors (Lipinski definition) is 0. The van der Waals surface area contributed by atoms with Crippen molar-refractivity contribution in [3.63, 3.8) is 0 Å². The Morgan fingerprint density at radius 2 is 1.76 bits per heavy atom. The lowest BCUT2D eigenvalue weighted by atomic mass is 9.66. The summed E-state index contributed by atoms with van der Waals surface area (Å²) in [7, 11) is 0. The molecular formula is C22H31F3. The molecule has 0 aliphatic heterocycles. The first kappa shape index (κ1) is 21.5. The Balaban J connectivity index is 2.92. The van der Waals surface area contributed by atoms with E-state index in [1.54, 1.807) is 11.6 Å². The summed E-state index contributed by atoms with van der Waals surface area (Å²) in [6.45, 7) is 8.74. The fraction of sp³-hybridized carbons (Fsp3) is 0.545. The summed E-state index contributed by atoms with van der Waals surface area (Å²) >= 11 is 0. The normalized spacial score (nSPS) is 19.7. The third kappa shape index (κ3) is 6.72. The SMILES string of the molecule is CCC1=C(C=CC(C)=CC=CC=CC(F)(F)F)C(CC)(CC)CCC1. The first-order valence-electron chi connectivity index (χ1n) is 9.28. The van der Waals surface area contributed by atoms with E-state index in [1.807, 2.05) is 13.0 Å². The summed E-state index contributed by atoms with van der Waals surface area (Å²) in [6, 6.07) is 0. The van der Waals surface area contributed by atoms with Crippen LogP contribution in [0.15, 0.2) is 59.3 Å². The maximum atomic E-state index is 12.0. The molecule has 0 atom stereocenters. The van der Waals surface area contributed by atoms with E-state index in [-0.39, 0.29) is 11.5 Å². The van der Waals surface area contributed by atoms with Gasteiger partial charge in [0.15, 0.2) is 0 Å². The molecule has 0 heterocycles. The van der Waals surface area contributed by atoms with Crippen molar-refractivity contribution in [1.82, 2.24) is 0 Å². The quantitative estimate of drug-likeness (QED) is 0.409. The Kier molecular flexibility index (Phi) is 8.47. The molecule has 0 fully saturated rings. The highest BCUT2D eigenvalue weighted by Crippen LogP contribution is 2.47. The fourth-order valence-corrected chi connectivity index (χ4v) is 3.64. The Labute approximate surface area is 150 Å². The summed E-state index contributed by atoms with van der Waals surface area (Å²) in [6.07, 6.45) is 13.3. The van der Waals surface area contributed by atoms with Gasteiger partial charge in [0.2, 0.25) is 0 Å². The summed E-state index contributed by atoms with van der Waals surface area (Å²) < 4.78 is 36.1. The van der Waals surface area contributed by atoms with Crippen LogP contribution in [0.1, 0.15) is 66.2 Å². The average Bonchev–Trinajstić information content (AvgIpc) is 2.58. The molecule has 0 bridgehead atoms. The van der Waals surface area contributed by atoms with E-state index in [4.69, 9.17) is 0 Å². The van der Waals surface area contributed by atoms with Gasteiger partial charge in [-0.25, -0.2) is 0 Å². The molecule has 0 aromatic rings. The van der Waals surface area contributed by atoms with E-state index in [1.165, 1.54) is 30.9 Å². The van der Waals surface area contributed by atoms with Crippen molar-refractivity contribution in [2.45, 2.75) is 72.4 Å². The van der Waals surface area contributed by atoms with Gasteiger partial charge in [0.1, 0.15) is 0 Å². The van der Waals surface area contributed by atoms with Crippen LogP contribution in [0.4, 0.5) is 13.2 Å². The molecule has 0 radical (unpaired) electrons. The Hall–Kier alpha value is -1.51. The van der Waals surface area contributed by atoms with Gasteiger partial charge in [0, 0.05) is 6.08 Å². The van der Waals surface area contributed by atoms with Crippen LogP contribution >= 0.6 is 0 Å². The predicted octanol–water partition coefficient (Wildman–Crippen LogP) is 7.86. The third-order valence-electron chi connectivity index (χ3n) is 5.25. The monoisotopic (exact) mass is 352 g/mol. The van der Waals surface area contributed by atoms with Gasteiger partial charge >= 0.3 is 6.18 Å². The van der Waals surface area contributed by atoms with E-state index in [0.717, 1.165) is 30.9 Å². The smallest absolute Gasteiger partial charge is 0.167 e. The number of hydrogen-bond acceptors (Lipinski definition) is 0. The first-order valence-corrected chi connectivity index (χ1v) is 9.28. The number of rotatable bonds is 7.